The number of carbonyl (C=O) groups excluding carboxylic acids is 1. The third-order valence-electron chi connectivity index (χ3n) is 7.10. The first kappa shape index (κ1) is 23.8. The largest absolute Gasteiger partial charge is 0.366 e. The van der Waals surface area contributed by atoms with Gasteiger partial charge in [0.1, 0.15) is 0 Å². The van der Waals surface area contributed by atoms with Gasteiger partial charge in [0.2, 0.25) is 0 Å². The Morgan fingerprint density at radius 1 is 1.12 bits per heavy atom. The fourth-order valence-corrected chi connectivity index (χ4v) is 5.48. The number of nitrogens with zero attached hydrogens (tertiary/aromatic N) is 3. The van der Waals surface area contributed by atoms with Crippen LogP contribution in [0, 0.1) is 20.8 Å². The second-order valence-electron chi connectivity index (χ2n) is 10.1. The molecule has 2 heterocycles. The highest BCUT2D eigenvalue weighted by Crippen LogP contribution is 2.44. The van der Waals surface area contributed by atoms with E-state index in [0.717, 1.165) is 41.2 Å². The van der Waals surface area contributed by atoms with Crippen LogP contribution in [0.2, 0.25) is 0 Å². The minimum Gasteiger partial charge on any atom is -0.366 e. The van der Waals surface area contributed by atoms with E-state index in [1.165, 1.54) is 11.3 Å². The van der Waals surface area contributed by atoms with E-state index < -0.39 is 0 Å². The summed E-state index contributed by atoms with van der Waals surface area (Å²) >= 11 is 0. The van der Waals surface area contributed by atoms with Gasteiger partial charge in [0.25, 0.3) is 5.91 Å². The van der Waals surface area contributed by atoms with Gasteiger partial charge in [-0.15, -0.1) is 0 Å². The van der Waals surface area contributed by atoms with Gasteiger partial charge in [-0.2, -0.15) is 5.10 Å². The lowest BCUT2D eigenvalue weighted by Gasteiger charge is -2.47. The molecule has 3 aromatic rings. The smallest absolute Gasteiger partial charge is 0.271 e. The van der Waals surface area contributed by atoms with Gasteiger partial charge in [0.15, 0.2) is 0 Å². The number of aromatic nitrogens is 1. The highest BCUT2D eigenvalue weighted by Gasteiger charge is 2.35. The van der Waals surface area contributed by atoms with Crippen LogP contribution in [0.25, 0.3) is 5.69 Å². The van der Waals surface area contributed by atoms with Crippen LogP contribution in [0.5, 0.6) is 0 Å². The van der Waals surface area contributed by atoms with Crippen LogP contribution in [0.15, 0.2) is 53.6 Å². The Hall–Kier alpha value is -3.34. The molecule has 0 aliphatic carbocycles. The number of benzene rings is 2. The van der Waals surface area contributed by atoms with Crippen LogP contribution in [-0.4, -0.2) is 28.8 Å². The van der Waals surface area contributed by atoms with E-state index in [2.05, 4.69) is 92.7 Å². The molecule has 1 aliphatic rings. The van der Waals surface area contributed by atoms with Crippen molar-refractivity contribution in [2.75, 3.05) is 11.4 Å². The molecule has 1 unspecified atom stereocenters. The fraction of sp³-hybridized carbons (Fsp3) is 0.379. The van der Waals surface area contributed by atoms with Crippen molar-refractivity contribution in [2.45, 2.75) is 66.3 Å². The summed E-state index contributed by atoms with van der Waals surface area (Å²) < 4.78 is 2.14. The predicted octanol–water partition coefficient (Wildman–Crippen LogP) is 6.28. The molecular weight excluding hydrogens is 420 g/mol. The van der Waals surface area contributed by atoms with Crippen molar-refractivity contribution in [3.63, 3.8) is 0 Å². The van der Waals surface area contributed by atoms with Crippen molar-refractivity contribution < 1.29 is 4.79 Å². The number of rotatable bonds is 5. The summed E-state index contributed by atoms with van der Waals surface area (Å²) in [6, 6.07) is 16.3. The Kier molecular flexibility index (Phi) is 6.39. The molecule has 0 fully saturated rings. The fourth-order valence-electron chi connectivity index (χ4n) is 5.48. The van der Waals surface area contributed by atoms with E-state index in [1.54, 1.807) is 6.21 Å². The van der Waals surface area contributed by atoms with Crippen LogP contribution in [0.1, 0.15) is 78.5 Å². The lowest BCUT2D eigenvalue weighted by atomic mass is 9.79. The molecule has 4 rings (SSSR count). The maximum atomic E-state index is 12.8. The molecule has 0 saturated carbocycles. The Morgan fingerprint density at radius 3 is 2.50 bits per heavy atom. The van der Waals surface area contributed by atoms with E-state index in [-0.39, 0.29) is 11.4 Å². The number of hydrazone groups is 1. The molecule has 5 heteroatoms. The normalized spacial score (nSPS) is 17.1. The Bertz CT molecular complexity index is 1230. The van der Waals surface area contributed by atoms with Crippen molar-refractivity contribution in [1.29, 1.82) is 0 Å². The molecule has 1 amide bonds. The summed E-state index contributed by atoms with van der Waals surface area (Å²) in [6.07, 6.45) is 2.88. The third-order valence-corrected chi connectivity index (χ3v) is 7.10. The summed E-state index contributed by atoms with van der Waals surface area (Å²) in [5.74, 6) is 0.252. The number of aryl methyl sites for hydroxylation is 3. The first-order valence-corrected chi connectivity index (χ1v) is 12.1. The minimum absolute atomic E-state index is 0.142. The van der Waals surface area contributed by atoms with E-state index in [9.17, 15) is 4.79 Å². The standard InChI is InChI=1S/C29H36N4O/c1-8-32-27-14-19(2)24(16-26(27)20(3)17-29(32,6)7)18-30-31-28(34)23-10-9-11-25(15-23)33-21(4)12-13-22(33)5/h9-16,18,20H,8,17H2,1-7H3,(H,31,34)/b30-18-. The molecule has 1 aromatic heterocycles. The first-order valence-electron chi connectivity index (χ1n) is 12.1. The van der Waals surface area contributed by atoms with Gasteiger partial charge in [-0.05, 0) is 113 Å². The van der Waals surface area contributed by atoms with Crippen molar-refractivity contribution in [3.8, 4) is 5.69 Å². The van der Waals surface area contributed by atoms with Gasteiger partial charge in [-0.3, -0.25) is 4.79 Å². The van der Waals surface area contributed by atoms with Crippen LogP contribution in [0.4, 0.5) is 5.69 Å². The molecule has 0 radical (unpaired) electrons. The molecular formula is C29H36N4O. The van der Waals surface area contributed by atoms with Crippen LogP contribution in [-0.2, 0) is 0 Å². The van der Waals surface area contributed by atoms with E-state index in [1.807, 2.05) is 24.3 Å². The molecule has 1 aliphatic heterocycles. The van der Waals surface area contributed by atoms with Crippen molar-refractivity contribution >= 4 is 17.8 Å². The molecule has 0 bridgehead atoms. The van der Waals surface area contributed by atoms with Crippen molar-refractivity contribution in [2.24, 2.45) is 5.10 Å². The SMILES string of the molecule is CCN1c2cc(C)c(/C=N\NC(=O)c3cccc(-n4c(C)ccc4C)c3)cc2C(C)CC1(C)C. The molecule has 0 spiro atoms. The maximum absolute atomic E-state index is 12.8. The van der Waals surface area contributed by atoms with Gasteiger partial charge in [0.05, 0.1) is 6.21 Å². The van der Waals surface area contributed by atoms with Gasteiger partial charge < -0.3 is 9.47 Å². The van der Waals surface area contributed by atoms with Crippen molar-refractivity contribution in [3.05, 3.63) is 82.2 Å². The van der Waals surface area contributed by atoms with Gasteiger partial charge in [0, 0.05) is 40.4 Å². The number of hydrogen-bond acceptors (Lipinski definition) is 3. The highest BCUT2D eigenvalue weighted by molar-refractivity contribution is 5.95. The third kappa shape index (κ3) is 4.39. The summed E-state index contributed by atoms with van der Waals surface area (Å²) in [5.41, 5.74) is 11.5. The van der Waals surface area contributed by atoms with Crippen molar-refractivity contribution in [1.82, 2.24) is 9.99 Å². The summed E-state index contributed by atoms with van der Waals surface area (Å²) in [4.78, 5) is 15.3. The molecule has 0 saturated heterocycles. The minimum atomic E-state index is -0.219. The molecule has 1 atom stereocenters. The highest BCUT2D eigenvalue weighted by atomic mass is 16.2. The van der Waals surface area contributed by atoms with E-state index in [0.29, 0.717) is 11.5 Å². The Labute approximate surface area is 203 Å². The van der Waals surface area contributed by atoms with Gasteiger partial charge in [-0.1, -0.05) is 13.0 Å². The second kappa shape index (κ2) is 9.13. The number of nitrogens with one attached hydrogen (secondary N) is 1. The number of anilines is 1. The zero-order valence-electron chi connectivity index (χ0n) is 21.4. The molecule has 34 heavy (non-hydrogen) atoms. The molecule has 5 nitrogen and oxygen atoms in total. The second-order valence-corrected chi connectivity index (χ2v) is 10.1. The number of hydrogen-bond donors (Lipinski definition) is 1. The predicted molar refractivity (Wildman–Crippen MR) is 142 cm³/mol. The summed E-state index contributed by atoms with van der Waals surface area (Å²) in [7, 11) is 0. The topological polar surface area (TPSA) is 49.6 Å². The lowest BCUT2D eigenvalue weighted by Crippen LogP contribution is -2.48. The van der Waals surface area contributed by atoms with Crippen LogP contribution < -0.4 is 10.3 Å². The average Bonchev–Trinajstić information content (AvgIpc) is 3.12. The zero-order valence-corrected chi connectivity index (χ0v) is 21.4. The maximum Gasteiger partial charge on any atom is 0.271 e. The first-order chi connectivity index (χ1) is 16.1. The molecule has 178 valence electrons. The van der Waals surface area contributed by atoms with Gasteiger partial charge >= 0.3 is 0 Å². The zero-order chi connectivity index (χ0) is 24.6. The Balaban J connectivity index is 1.54. The number of amides is 1. The Morgan fingerprint density at radius 2 is 1.82 bits per heavy atom. The van der Waals surface area contributed by atoms with E-state index in [4.69, 9.17) is 0 Å². The molecule has 1 N–H and O–H groups in total. The number of carbonyl (C=O) groups is 1. The average molecular weight is 457 g/mol. The van der Waals surface area contributed by atoms with Crippen LogP contribution in [0.3, 0.4) is 0 Å². The van der Waals surface area contributed by atoms with Gasteiger partial charge in [-0.25, -0.2) is 5.43 Å². The summed E-state index contributed by atoms with van der Waals surface area (Å²) in [5, 5.41) is 4.30. The van der Waals surface area contributed by atoms with Crippen LogP contribution >= 0.6 is 0 Å². The molecule has 2 aromatic carbocycles. The number of fused-ring (bicyclic) bond motifs is 1. The van der Waals surface area contributed by atoms with E-state index >= 15 is 0 Å². The monoisotopic (exact) mass is 456 g/mol. The quantitative estimate of drug-likeness (QED) is 0.363. The lowest BCUT2D eigenvalue weighted by molar-refractivity contribution is 0.0955. The summed E-state index contributed by atoms with van der Waals surface area (Å²) in [6.45, 7) is 16.4.